The summed E-state index contributed by atoms with van der Waals surface area (Å²) in [4.78, 5) is 34.6. The topological polar surface area (TPSA) is 78.9 Å². The Labute approximate surface area is 132 Å². The van der Waals surface area contributed by atoms with Crippen molar-refractivity contribution in [2.24, 2.45) is 0 Å². The number of ether oxygens (including phenoxy) is 3. The van der Waals surface area contributed by atoms with E-state index in [9.17, 15) is 14.4 Å². The summed E-state index contributed by atoms with van der Waals surface area (Å²) in [6, 6.07) is 11.9. The van der Waals surface area contributed by atoms with Crippen LogP contribution in [0.5, 0.6) is 5.75 Å². The molecule has 23 heavy (non-hydrogen) atoms. The van der Waals surface area contributed by atoms with Gasteiger partial charge < -0.3 is 14.2 Å². The summed E-state index contributed by atoms with van der Waals surface area (Å²) in [7, 11) is 2.57. The van der Waals surface area contributed by atoms with E-state index in [-0.39, 0.29) is 5.56 Å². The molecule has 0 fully saturated rings. The fraction of sp³-hybridized carbons (Fsp3) is 0.118. The van der Waals surface area contributed by atoms with Gasteiger partial charge in [0.15, 0.2) is 0 Å². The molecule has 0 unspecified atom stereocenters. The molecule has 2 rings (SSSR count). The Bertz CT molecular complexity index is 716. The Balaban J connectivity index is 2.06. The van der Waals surface area contributed by atoms with Gasteiger partial charge in [0.1, 0.15) is 5.75 Å². The van der Waals surface area contributed by atoms with Crippen LogP contribution in [0.15, 0.2) is 48.5 Å². The van der Waals surface area contributed by atoms with Gasteiger partial charge in [-0.15, -0.1) is 0 Å². The van der Waals surface area contributed by atoms with Crippen LogP contribution >= 0.6 is 0 Å². The van der Waals surface area contributed by atoms with E-state index in [0.29, 0.717) is 16.9 Å². The second kappa shape index (κ2) is 7.22. The Morgan fingerprint density at radius 2 is 0.957 bits per heavy atom. The van der Waals surface area contributed by atoms with Gasteiger partial charge in [-0.25, -0.2) is 14.4 Å². The fourth-order valence-corrected chi connectivity index (χ4v) is 1.80. The zero-order valence-corrected chi connectivity index (χ0v) is 12.6. The molecular weight excluding hydrogens is 300 g/mol. The quantitative estimate of drug-likeness (QED) is 0.637. The SMILES string of the molecule is COC(=O)c1ccc(OC(=O)c2ccc(C(=O)OC)cc2)cc1. The van der Waals surface area contributed by atoms with E-state index in [4.69, 9.17) is 4.74 Å². The summed E-state index contributed by atoms with van der Waals surface area (Å²) in [6.07, 6.45) is 0. The van der Waals surface area contributed by atoms with Crippen molar-refractivity contribution in [2.75, 3.05) is 14.2 Å². The van der Waals surface area contributed by atoms with E-state index in [1.807, 2.05) is 0 Å². The molecule has 0 aromatic heterocycles. The molecule has 2 aromatic rings. The number of carbonyl (C=O) groups is 3. The summed E-state index contributed by atoms with van der Waals surface area (Å²) in [5, 5.41) is 0. The number of methoxy groups -OCH3 is 2. The van der Waals surface area contributed by atoms with Crippen LogP contribution in [-0.4, -0.2) is 32.1 Å². The molecule has 0 N–H and O–H groups in total. The first-order chi connectivity index (χ1) is 11.0. The Morgan fingerprint density at radius 1 is 0.609 bits per heavy atom. The van der Waals surface area contributed by atoms with Crippen molar-refractivity contribution in [3.05, 3.63) is 65.2 Å². The lowest BCUT2D eigenvalue weighted by Gasteiger charge is -2.06. The summed E-state index contributed by atoms with van der Waals surface area (Å²) < 4.78 is 14.3. The van der Waals surface area contributed by atoms with Crippen molar-refractivity contribution in [3.8, 4) is 5.75 Å². The first-order valence-electron chi connectivity index (χ1n) is 6.64. The molecule has 0 heterocycles. The molecule has 0 atom stereocenters. The van der Waals surface area contributed by atoms with E-state index >= 15 is 0 Å². The van der Waals surface area contributed by atoms with Gasteiger partial charge in [0.05, 0.1) is 30.9 Å². The van der Waals surface area contributed by atoms with Crippen molar-refractivity contribution in [1.82, 2.24) is 0 Å². The average molecular weight is 314 g/mol. The molecule has 0 radical (unpaired) electrons. The molecule has 0 aliphatic carbocycles. The third kappa shape index (κ3) is 3.94. The minimum atomic E-state index is -0.577. The van der Waals surface area contributed by atoms with Crippen LogP contribution in [0, 0.1) is 0 Å². The summed E-state index contributed by atoms with van der Waals surface area (Å²) >= 11 is 0. The van der Waals surface area contributed by atoms with E-state index in [0.717, 1.165) is 0 Å². The highest BCUT2D eigenvalue weighted by Gasteiger charge is 2.12. The maximum atomic E-state index is 12.0. The fourth-order valence-electron chi connectivity index (χ4n) is 1.80. The minimum absolute atomic E-state index is 0.287. The average Bonchev–Trinajstić information content (AvgIpc) is 2.61. The number of hydrogen-bond donors (Lipinski definition) is 0. The maximum absolute atomic E-state index is 12.0. The second-order valence-electron chi connectivity index (χ2n) is 4.47. The molecule has 6 heteroatoms. The van der Waals surface area contributed by atoms with Crippen molar-refractivity contribution in [3.63, 3.8) is 0 Å². The van der Waals surface area contributed by atoms with Crippen LogP contribution < -0.4 is 4.74 Å². The molecule has 0 aliphatic heterocycles. The van der Waals surface area contributed by atoms with Crippen LogP contribution in [0.25, 0.3) is 0 Å². The third-order valence-corrected chi connectivity index (χ3v) is 3.03. The lowest BCUT2D eigenvalue weighted by molar-refractivity contribution is 0.0591. The van der Waals surface area contributed by atoms with Crippen molar-refractivity contribution in [1.29, 1.82) is 0 Å². The summed E-state index contributed by atoms with van der Waals surface area (Å²) in [5.41, 5.74) is 0.982. The first kappa shape index (κ1) is 16.2. The molecule has 118 valence electrons. The van der Waals surface area contributed by atoms with Gasteiger partial charge in [0.25, 0.3) is 0 Å². The first-order valence-corrected chi connectivity index (χ1v) is 6.64. The van der Waals surface area contributed by atoms with E-state index in [1.54, 1.807) is 0 Å². The van der Waals surface area contributed by atoms with Gasteiger partial charge in [-0.2, -0.15) is 0 Å². The van der Waals surface area contributed by atoms with Gasteiger partial charge in [-0.3, -0.25) is 0 Å². The van der Waals surface area contributed by atoms with Crippen LogP contribution in [-0.2, 0) is 9.47 Å². The van der Waals surface area contributed by atoms with E-state index in [1.165, 1.54) is 62.8 Å². The number of hydrogen-bond acceptors (Lipinski definition) is 6. The highest BCUT2D eigenvalue weighted by Crippen LogP contribution is 2.15. The number of rotatable bonds is 4. The molecular formula is C17H14O6. The van der Waals surface area contributed by atoms with Crippen molar-refractivity contribution >= 4 is 17.9 Å². The maximum Gasteiger partial charge on any atom is 0.343 e. The highest BCUT2D eigenvalue weighted by molar-refractivity contribution is 5.94. The van der Waals surface area contributed by atoms with Gasteiger partial charge in [0.2, 0.25) is 0 Å². The number of esters is 3. The van der Waals surface area contributed by atoms with Crippen molar-refractivity contribution in [2.45, 2.75) is 0 Å². The molecule has 0 aliphatic rings. The van der Waals surface area contributed by atoms with E-state index < -0.39 is 17.9 Å². The Morgan fingerprint density at radius 3 is 1.35 bits per heavy atom. The molecule has 0 saturated carbocycles. The van der Waals surface area contributed by atoms with Crippen molar-refractivity contribution < 1.29 is 28.6 Å². The molecule has 0 amide bonds. The standard InChI is InChI=1S/C17H14O6/c1-21-15(18)11-3-5-13(6-4-11)17(20)23-14-9-7-12(8-10-14)16(19)22-2/h3-10H,1-2H3. The summed E-state index contributed by atoms with van der Waals surface area (Å²) in [6.45, 7) is 0. The van der Waals surface area contributed by atoms with Gasteiger partial charge >= 0.3 is 17.9 Å². The predicted octanol–water partition coefficient (Wildman–Crippen LogP) is 2.48. The van der Waals surface area contributed by atoms with Gasteiger partial charge in [0, 0.05) is 0 Å². The zero-order chi connectivity index (χ0) is 16.8. The zero-order valence-electron chi connectivity index (χ0n) is 12.6. The van der Waals surface area contributed by atoms with Crippen LogP contribution in [0.2, 0.25) is 0 Å². The van der Waals surface area contributed by atoms with Crippen LogP contribution in [0.4, 0.5) is 0 Å². The third-order valence-electron chi connectivity index (χ3n) is 3.03. The molecule has 0 bridgehead atoms. The predicted molar refractivity (Wildman–Crippen MR) is 80.5 cm³/mol. The molecule has 0 spiro atoms. The minimum Gasteiger partial charge on any atom is -0.465 e. The number of benzene rings is 2. The van der Waals surface area contributed by atoms with E-state index in [2.05, 4.69) is 9.47 Å². The Kier molecular flexibility index (Phi) is 5.09. The van der Waals surface area contributed by atoms with Gasteiger partial charge in [-0.1, -0.05) is 0 Å². The smallest absolute Gasteiger partial charge is 0.343 e. The molecule has 0 saturated heterocycles. The number of carbonyl (C=O) groups excluding carboxylic acids is 3. The second-order valence-corrected chi connectivity index (χ2v) is 4.47. The van der Waals surface area contributed by atoms with Crippen LogP contribution in [0.3, 0.4) is 0 Å². The van der Waals surface area contributed by atoms with Crippen LogP contribution in [0.1, 0.15) is 31.1 Å². The highest BCUT2D eigenvalue weighted by atomic mass is 16.5. The lowest BCUT2D eigenvalue weighted by Crippen LogP contribution is -2.09. The normalized spacial score (nSPS) is 9.83. The molecule has 2 aromatic carbocycles. The monoisotopic (exact) mass is 314 g/mol. The van der Waals surface area contributed by atoms with Gasteiger partial charge in [-0.05, 0) is 48.5 Å². The summed E-state index contributed by atoms with van der Waals surface area (Å²) in [5.74, 6) is -1.24. The largest absolute Gasteiger partial charge is 0.465 e. The molecule has 6 nitrogen and oxygen atoms in total. The lowest BCUT2D eigenvalue weighted by atomic mass is 10.1. The Hall–Kier alpha value is -3.15.